The van der Waals surface area contributed by atoms with E-state index in [4.69, 9.17) is 0 Å². The minimum absolute atomic E-state index is 0.854. The molecule has 0 fully saturated rings. The maximum atomic E-state index is 10.7. The lowest BCUT2D eigenvalue weighted by Gasteiger charge is -1.96. The Kier molecular flexibility index (Phi) is 4.11. The zero-order chi connectivity index (χ0) is 8.97. The number of hydrogen-bond donors (Lipinski definition) is 0. The van der Waals surface area contributed by atoms with E-state index in [0.717, 1.165) is 5.56 Å². The lowest BCUT2D eigenvalue weighted by molar-refractivity contribution is 0.609. The van der Waals surface area contributed by atoms with Gasteiger partial charge in [0.05, 0.1) is 6.26 Å². The van der Waals surface area contributed by atoms with Gasteiger partial charge in [0.25, 0.3) is 0 Å². The van der Waals surface area contributed by atoms with Gasteiger partial charge in [-0.3, -0.25) is 0 Å². The highest BCUT2D eigenvalue weighted by Gasteiger charge is 1.89. The molecule has 0 spiro atoms. The first-order valence-electron chi connectivity index (χ1n) is 3.44. The third-order valence-corrected chi connectivity index (χ3v) is 2.56. The van der Waals surface area contributed by atoms with Crippen molar-refractivity contribution >= 4 is 39.8 Å². The quantitative estimate of drug-likeness (QED) is 0.607. The minimum atomic E-state index is -0.854. The molecule has 0 aromatic heterocycles. The van der Waals surface area contributed by atoms with E-state index in [1.165, 1.54) is 3.57 Å². The monoisotopic (exact) mass is 292 g/mol. The normalized spacial score (nSPS) is 13.6. The van der Waals surface area contributed by atoms with E-state index in [-0.39, 0.29) is 0 Å². The van der Waals surface area contributed by atoms with Gasteiger partial charge in [0.1, 0.15) is 5.41 Å². The van der Waals surface area contributed by atoms with Crippen molar-refractivity contribution in [3.05, 3.63) is 38.8 Å². The second-order valence-corrected chi connectivity index (χ2v) is 4.87. The molecule has 0 saturated carbocycles. The van der Waals surface area contributed by atoms with Gasteiger partial charge in [-0.25, -0.2) is 0 Å². The van der Waals surface area contributed by atoms with Gasteiger partial charge >= 0.3 is 0 Å². The summed E-state index contributed by atoms with van der Waals surface area (Å²) in [6.07, 6.45) is 3.52. The molecule has 1 aromatic rings. The molecule has 0 aliphatic rings. The van der Waals surface area contributed by atoms with E-state index >= 15 is 0 Å². The van der Waals surface area contributed by atoms with Crippen molar-refractivity contribution in [3.8, 4) is 0 Å². The third kappa shape index (κ3) is 3.60. The first kappa shape index (κ1) is 10.1. The van der Waals surface area contributed by atoms with Crippen molar-refractivity contribution in [1.29, 1.82) is 0 Å². The number of rotatable bonds is 2. The van der Waals surface area contributed by atoms with Gasteiger partial charge in [0.15, 0.2) is 0 Å². The summed E-state index contributed by atoms with van der Waals surface area (Å²) in [5, 5.41) is 1.68. The molecule has 0 bridgehead atoms. The topological polar surface area (TPSA) is 23.1 Å². The Morgan fingerprint density at radius 2 is 1.92 bits per heavy atom. The van der Waals surface area contributed by atoms with Gasteiger partial charge in [-0.15, -0.1) is 0 Å². The second-order valence-electron chi connectivity index (χ2n) is 2.35. The molecular formula is C9H9IOS. The SMILES string of the molecule is C[S+]([O-])C=Cc1ccc(I)cc1. The van der Waals surface area contributed by atoms with Crippen molar-refractivity contribution in [2.24, 2.45) is 0 Å². The van der Waals surface area contributed by atoms with Crippen molar-refractivity contribution in [3.63, 3.8) is 0 Å². The van der Waals surface area contributed by atoms with Crippen LogP contribution in [0.25, 0.3) is 6.08 Å². The van der Waals surface area contributed by atoms with Crippen molar-refractivity contribution in [2.45, 2.75) is 0 Å². The predicted octanol–water partition coefficient (Wildman–Crippen LogP) is 2.64. The summed E-state index contributed by atoms with van der Waals surface area (Å²) in [5.74, 6) is 0. The van der Waals surface area contributed by atoms with Crippen molar-refractivity contribution in [1.82, 2.24) is 0 Å². The van der Waals surface area contributed by atoms with Gasteiger partial charge < -0.3 is 4.55 Å². The van der Waals surface area contributed by atoms with Crippen LogP contribution in [-0.2, 0) is 11.2 Å². The largest absolute Gasteiger partial charge is 0.612 e. The van der Waals surface area contributed by atoms with Crippen molar-refractivity contribution < 1.29 is 4.55 Å². The van der Waals surface area contributed by atoms with Crippen LogP contribution in [0.15, 0.2) is 29.7 Å². The van der Waals surface area contributed by atoms with Gasteiger partial charge in [0, 0.05) is 3.57 Å². The van der Waals surface area contributed by atoms with E-state index in [1.807, 2.05) is 30.3 Å². The van der Waals surface area contributed by atoms with E-state index in [9.17, 15) is 4.55 Å². The third-order valence-electron chi connectivity index (χ3n) is 1.32. The van der Waals surface area contributed by atoms with E-state index in [0.29, 0.717) is 0 Å². The molecule has 0 amide bonds. The molecule has 1 nitrogen and oxygen atoms in total. The smallest absolute Gasteiger partial charge is 0.117 e. The molecule has 64 valence electrons. The van der Waals surface area contributed by atoms with Gasteiger partial charge in [-0.2, -0.15) is 0 Å². The van der Waals surface area contributed by atoms with Gasteiger partial charge in [-0.1, -0.05) is 12.1 Å². The summed E-state index contributed by atoms with van der Waals surface area (Å²) in [4.78, 5) is 0. The van der Waals surface area contributed by atoms with Crippen LogP contribution in [0, 0.1) is 3.57 Å². The average molecular weight is 292 g/mol. The number of benzene rings is 1. The van der Waals surface area contributed by atoms with Crippen LogP contribution >= 0.6 is 22.6 Å². The second kappa shape index (κ2) is 4.89. The Morgan fingerprint density at radius 1 is 1.33 bits per heavy atom. The Morgan fingerprint density at radius 3 is 2.42 bits per heavy atom. The summed E-state index contributed by atoms with van der Waals surface area (Å²) >= 11 is 1.40. The molecule has 0 saturated heterocycles. The van der Waals surface area contributed by atoms with Gasteiger partial charge in [-0.05, 0) is 57.5 Å². The molecule has 0 N–H and O–H groups in total. The first-order chi connectivity index (χ1) is 5.68. The number of hydrogen-bond acceptors (Lipinski definition) is 1. The fraction of sp³-hybridized carbons (Fsp3) is 0.111. The molecule has 0 aliphatic heterocycles. The molecule has 1 unspecified atom stereocenters. The van der Waals surface area contributed by atoms with Crippen LogP contribution in [0.2, 0.25) is 0 Å². The zero-order valence-electron chi connectivity index (χ0n) is 6.66. The van der Waals surface area contributed by atoms with Crippen LogP contribution in [-0.4, -0.2) is 10.8 Å². The summed E-state index contributed by atoms with van der Waals surface area (Å²) < 4.78 is 11.9. The van der Waals surface area contributed by atoms with Gasteiger partial charge in [0.2, 0.25) is 0 Å². The predicted molar refractivity (Wildman–Crippen MR) is 62.3 cm³/mol. The average Bonchev–Trinajstić information content (AvgIpc) is 2.03. The van der Waals surface area contributed by atoms with Crippen LogP contribution < -0.4 is 0 Å². The molecule has 12 heavy (non-hydrogen) atoms. The molecule has 0 aliphatic carbocycles. The molecule has 3 heteroatoms. The molecule has 1 aromatic carbocycles. The standard InChI is InChI=1S/C9H9IOS/c1-12(11)7-6-8-2-4-9(10)5-3-8/h2-7H,1H3. The highest BCUT2D eigenvalue weighted by Crippen LogP contribution is 2.08. The van der Waals surface area contributed by atoms with Crippen LogP contribution in [0.1, 0.15) is 5.56 Å². The molecule has 0 radical (unpaired) electrons. The highest BCUT2D eigenvalue weighted by molar-refractivity contribution is 14.1. The Bertz CT molecular complexity index is 266. The molecule has 0 heterocycles. The van der Waals surface area contributed by atoms with Crippen LogP contribution in [0.5, 0.6) is 0 Å². The number of halogens is 1. The Labute approximate surface area is 89.2 Å². The molecule has 1 rings (SSSR count). The van der Waals surface area contributed by atoms with E-state index in [1.54, 1.807) is 11.7 Å². The maximum absolute atomic E-state index is 10.7. The van der Waals surface area contributed by atoms with E-state index in [2.05, 4.69) is 22.6 Å². The fourth-order valence-electron chi connectivity index (χ4n) is 0.748. The molecular weight excluding hydrogens is 283 g/mol. The summed E-state index contributed by atoms with van der Waals surface area (Å²) in [7, 11) is 0. The van der Waals surface area contributed by atoms with Crippen LogP contribution in [0.3, 0.4) is 0 Å². The maximum Gasteiger partial charge on any atom is 0.117 e. The highest BCUT2D eigenvalue weighted by atomic mass is 127. The lowest BCUT2D eigenvalue weighted by atomic mass is 10.2. The zero-order valence-corrected chi connectivity index (χ0v) is 9.63. The summed E-state index contributed by atoms with van der Waals surface area (Å²) in [6, 6.07) is 8.06. The Balaban J connectivity index is 2.71. The summed E-state index contributed by atoms with van der Waals surface area (Å²) in [5.41, 5.74) is 1.09. The van der Waals surface area contributed by atoms with E-state index < -0.39 is 11.2 Å². The lowest BCUT2D eigenvalue weighted by Crippen LogP contribution is -1.87. The summed E-state index contributed by atoms with van der Waals surface area (Å²) in [6.45, 7) is 0. The minimum Gasteiger partial charge on any atom is -0.612 e. The fourth-order valence-corrected chi connectivity index (χ4v) is 1.46. The van der Waals surface area contributed by atoms with Crippen molar-refractivity contribution in [2.75, 3.05) is 6.26 Å². The Hall–Kier alpha value is -0.0000000000000000555. The first-order valence-corrected chi connectivity index (χ1v) is 6.14. The van der Waals surface area contributed by atoms with Crippen LogP contribution in [0.4, 0.5) is 0 Å². The molecule has 1 atom stereocenters.